The zero-order valence-corrected chi connectivity index (χ0v) is 12.1. The van der Waals surface area contributed by atoms with Crippen LogP contribution in [0.2, 0.25) is 0 Å². The number of anilines is 1. The molecule has 1 aromatic carbocycles. The summed E-state index contributed by atoms with van der Waals surface area (Å²) < 4.78 is 13.5. The summed E-state index contributed by atoms with van der Waals surface area (Å²) in [6.45, 7) is 6.74. The summed E-state index contributed by atoms with van der Waals surface area (Å²) in [7, 11) is 0. The lowest BCUT2D eigenvalue weighted by Crippen LogP contribution is -2.46. The molecule has 1 atom stereocenters. The topological polar surface area (TPSA) is 84.2 Å². The van der Waals surface area contributed by atoms with E-state index in [-0.39, 0.29) is 23.2 Å². The molecular weight excluding hydrogens is 261 g/mol. The van der Waals surface area contributed by atoms with Gasteiger partial charge in [-0.3, -0.25) is 9.59 Å². The van der Waals surface area contributed by atoms with E-state index < -0.39 is 17.8 Å². The molecule has 0 heterocycles. The molecule has 0 aliphatic heterocycles. The second kappa shape index (κ2) is 6.36. The van der Waals surface area contributed by atoms with Crippen molar-refractivity contribution in [1.29, 1.82) is 0 Å². The summed E-state index contributed by atoms with van der Waals surface area (Å²) in [5.41, 5.74) is 6.21. The van der Waals surface area contributed by atoms with E-state index in [1.807, 2.05) is 13.8 Å². The highest BCUT2D eigenvalue weighted by atomic mass is 19.1. The Hall–Kier alpha value is -2.11. The summed E-state index contributed by atoms with van der Waals surface area (Å²) in [5, 5.41) is 5.18. The second-order valence-electron chi connectivity index (χ2n) is 5.03. The number of nitrogens with two attached hydrogens (primary N) is 1. The molecule has 0 saturated heterocycles. The summed E-state index contributed by atoms with van der Waals surface area (Å²) in [6.07, 6.45) is 0. The van der Waals surface area contributed by atoms with Crippen molar-refractivity contribution in [1.82, 2.24) is 10.6 Å². The first-order chi connectivity index (χ1) is 9.22. The van der Waals surface area contributed by atoms with Gasteiger partial charge in [0, 0.05) is 22.9 Å². The van der Waals surface area contributed by atoms with Gasteiger partial charge in [0.2, 0.25) is 5.91 Å². The van der Waals surface area contributed by atoms with Crippen molar-refractivity contribution in [3.05, 3.63) is 29.1 Å². The summed E-state index contributed by atoms with van der Waals surface area (Å²) in [5.74, 6) is -1.38. The van der Waals surface area contributed by atoms with Crippen molar-refractivity contribution in [2.24, 2.45) is 0 Å². The standard InChI is InChI=1S/C14H20FN3O2/c1-7(2)17-13(19)9(4)18-14(20)10-5-11(15)8(3)12(16)6-10/h5-7,9H,16H2,1-4H3,(H,17,19)(H,18,20). The Morgan fingerprint density at radius 1 is 1.20 bits per heavy atom. The number of amides is 2. The molecule has 0 aromatic heterocycles. The zero-order chi connectivity index (χ0) is 15.4. The largest absolute Gasteiger partial charge is 0.398 e. The van der Waals surface area contributed by atoms with Crippen LogP contribution in [0.25, 0.3) is 0 Å². The third kappa shape index (κ3) is 3.94. The average molecular weight is 281 g/mol. The Kier molecular flexibility index (Phi) is 5.07. The molecule has 1 aromatic rings. The normalized spacial score (nSPS) is 12.1. The van der Waals surface area contributed by atoms with Gasteiger partial charge in [0.05, 0.1) is 0 Å². The number of nitrogen functional groups attached to an aromatic ring is 1. The summed E-state index contributed by atoms with van der Waals surface area (Å²) >= 11 is 0. The molecule has 20 heavy (non-hydrogen) atoms. The number of nitrogens with one attached hydrogen (secondary N) is 2. The Balaban J connectivity index is 2.79. The van der Waals surface area contributed by atoms with Gasteiger partial charge in [-0.25, -0.2) is 4.39 Å². The molecule has 0 spiro atoms. The van der Waals surface area contributed by atoms with Crippen LogP contribution in [-0.2, 0) is 4.79 Å². The van der Waals surface area contributed by atoms with E-state index in [2.05, 4.69) is 10.6 Å². The predicted molar refractivity (Wildman–Crippen MR) is 75.8 cm³/mol. The van der Waals surface area contributed by atoms with E-state index in [1.165, 1.54) is 13.0 Å². The van der Waals surface area contributed by atoms with Crippen molar-refractivity contribution in [2.75, 3.05) is 5.73 Å². The fourth-order valence-electron chi connectivity index (χ4n) is 1.59. The van der Waals surface area contributed by atoms with Crippen molar-refractivity contribution in [2.45, 2.75) is 39.8 Å². The number of rotatable bonds is 4. The minimum absolute atomic E-state index is 0.0192. The van der Waals surface area contributed by atoms with Gasteiger partial charge in [-0.1, -0.05) is 0 Å². The number of hydrogen-bond donors (Lipinski definition) is 3. The van der Waals surface area contributed by atoms with Crippen LogP contribution >= 0.6 is 0 Å². The molecule has 1 rings (SSSR count). The maximum absolute atomic E-state index is 13.5. The van der Waals surface area contributed by atoms with E-state index in [9.17, 15) is 14.0 Å². The highest BCUT2D eigenvalue weighted by Gasteiger charge is 2.18. The Morgan fingerprint density at radius 3 is 2.30 bits per heavy atom. The van der Waals surface area contributed by atoms with E-state index in [0.717, 1.165) is 6.07 Å². The number of carbonyl (C=O) groups is 2. The van der Waals surface area contributed by atoms with Crippen LogP contribution in [0.5, 0.6) is 0 Å². The fourth-order valence-corrected chi connectivity index (χ4v) is 1.59. The van der Waals surface area contributed by atoms with Crippen LogP contribution in [0.1, 0.15) is 36.7 Å². The smallest absolute Gasteiger partial charge is 0.252 e. The van der Waals surface area contributed by atoms with E-state index in [1.54, 1.807) is 6.92 Å². The van der Waals surface area contributed by atoms with Crippen LogP contribution < -0.4 is 16.4 Å². The van der Waals surface area contributed by atoms with Crippen LogP contribution in [-0.4, -0.2) is 23.9 Å². The van der Waals surface area contributed by atoms with E-state index in [0.29, 0.717) is 5.56 Å². The molecule has 0 aliphatic rings. The van der Waals surface area contributed by atoms with Crippen molar-refractivity contribution in [3.63, 3.8) is 0 Å². The van der Waals surface area contributed by atoms with Crippen molar-refractivity contribution >= 4 is 17.5 Å². The zero-order valence-electron chi connectivity index (χ0n) is 12.1. The first-order valence-electron chi connectivity index (χ1n) is 6.39. The Labute approximate surface area is 117 Å². The molecule has 4 N–H and O–H groups in total. The minimum Gasteiger partial charge on any atom is -0.398 e. The van der Waals surface area contributed by atoms with Crippen LogP contribution in [0.3, 0.4) is 0 Å². The van der Waals surface area contributed by atoms with Gasteiger partial charge in [0.1, 0.15) is 11.9 Å². The van der Waals surface area contributed by atoms with Crippen LogP contribution in [0.15, 0.2) is 12.1 Å². The predicted octanol–water partition coefficient (Wildman–Crippen LogP) is 1.36. The summed E-state index contributed by atoms with van der Waals surface area (Å²) in [4.78, 5) is 23.6. The molecule has 0 aliphatic carbocycles. The van der Waals surface area contributed by atoms with Crippen LogP contribution in [0, 0.1) is 12.7 Å². The highest BCUT2D eigenvalue weighted by molar-refractivity contribution is 5.98. The quantitative estimate of drug-likeness (QED) is 0.729. The average Bonchev–Trinajstić information content (AvgIpc) is 2.34. The van der Waals surface area contributed by atoms with Gasteiger partial charge < -0.3 is 16.4 Å². The monoisotopic (exact) mass is 281 g/mol. The third-order valence-corrected chi connectivity index (χ3v) is 2.82. The Morgan fingerprint density at radius 2 is 1.80 bits per heavy atom. The lowest BCUT2D eigenvalue weighted by atomic mass is 10.1. The number of hydrogen-bond acceptors (Lipinski definition) is 3. The van der Waals surface area contributed by atoms with Gasteiger partial charge in [0.25, 0.3) is 5.91 Å². The second-order valence-corrected chi connectivity index (χ2v) is 5.03. The molecule has 2 amide bonds. The van der Waals surface area contributed by atoms with Crippen molar-refractivity contribution in [3.8, 4) is 0 Å². The fraction of sp³-hybridized carbons (Fsp3) is 0.429. The van der Waals surface area contributed by atoms with Crippen LogP contribution in [0.4, 0.5) is 10.1 Å². The molecule has 110 valence electrons. The number of carbonyl (C=O) groups excluding carboxylic acids is 2. The summed E-state index contributed by atoms with van der Waals surface area (Å²) in [6, 6.07) is 1.76. The van der Waals surface area contributed by atoms with Gasteiger partial charge in [0.15, 0.2) is 0 Å². The molecule has 5 nitrogen and oxygen atoms in total. The minimum atomic E-state index is -0.713. The highest BCUT2D eigenvalue weighted by Crippen LogP contribution is 2.17. The van der Waals surface area contributed by atoms with Gasteiger partial charge >= 0.3 is 0 Å². The maximum Gasteiger partial charge on any atom is 0.252 e. The lowest BCUT2D eigenvalue weighted by Gasteiger charge is -2.16. The van der Waals surface area contributed by atoms with Gasteiger partial charge in [-0.05, 0) is 39.8 Å². The first kappa shape index (κ1) is 15.9. The maximum atomic E-state index is 13.5. The van der Waals surface area contributed by atoms with E-state index >= 15 is 0 Å². The molecule has 0 radical (unpaired) electrons. The third-order valence-electron chi connectivity index (χ3n) is 2.82. The van der Waals surface area contributed by atoms with E-state index in [4.69, 9.17) is 5.73 Å². The molecule has 1 unspecified atom stereocenters. The molecule has 0 saturated carbocycles. The molecule has 0 bridgehead atoms. The van der Waals surface area contributed by atoms with Gasteiger partial charge in [-0.2, -0.15) is 0 Å². The van der Waals surface area contributed by atoms with Crippen molar-refractivity contribution < 1.29 is 14.0 Å². The molecule has 6 heteroatoms. The number of halogens is 1. The Bertz CT molecular complexity index is 506. The lowest BCUT2D eigenvalue weighted by molar-refractivity contribution is -0.123. The first-order valence-corrected chi connectivity index (χ1v) is 6.39. The number of benzene rings is 1. The molecule has 0 fully saturated rings. The van der Waals surface area contributed by atoms with Gasteiger partial charge in [-0.15, -0.1) is 0 Å². The molecular formula is C14H20FN3O2. The SMILES string of the molecule is Cc1c(N)cc(C(=O)NC(C)C(=O)NC(C)C)cc1F.